The van der Waals surface area contributed by atoms with Gasteiger partial charge in [0.05, 0.1) is 37.3 Å². The number of aliphatic hydroxyl groups is 1. The van der Waals surface area contributed by atoms with Gasteiger partial charge >= 0.3 is 0 Å². The van der Waals surface area contributed by atoms with Crippen LogP contribution in [0.15, 0.2) is 47.7 Å². The van der Waals surface area contributed by atoms with Crippen LogP contribution in [0.5, 0.6) is 5.75 Å². The van der Waals surface area contributed by atoms with Crippen LogP contribution in [0.3, 0.4) is 0 Å². The van der Waals surface area contributed by atoms with E-state index in [1.807, 2.05) is 43.7 Å². The summed E-state index contributed by atoms with van der Waals surface area (Å²) in [6.45, 7) is 0.846. The molecule has 1 saturated heterocycles. The topological polar surface area (TPSA) is 85.9 Å². The first-order chi connectivity index (χ1) is 16.0. The number of aliphatic hydroxyl groups excluding tert-OH is 1. The number of carbonyl (C=O) groups excluding carboxylic acids is 1. The molecule has 170 valence electrons. The Morgan fingerprint density at radius 2 is 2.06 bits per heavy atom. The number of fused-ring (bicyclic) bond motifs is 1. The van der Waals surface area contributed by atoms with E-state index in [1.165, 1.54) is 6.07 Å². The molecule has 0 spiro atoms. The molecule has 2 aliphatic heterocycles. The maximum absolute atomic E-state index is 15.2. The number of nitrogens with zero attached hydrogens (tertiary/aromatic N) is 3. The standard InChI is InChI=1S/C25H24FN3O4/c1-29-13-18(12-27-29)16-4-2-15(3-5-16)10-17-11-20(23(26)19-6-9-33-24(17)19)25(31)28-21-7-8-32-14-22(21)30/h2-5,11-13,22,30H,6-10,14H2,1H3/t22-/m0/s1. The summed E-state index contributed by atoms with van der Waals surface area (Å²) in [5, 5.41) is 14.2. The largest absolute Gasteiger partial charge is 0.493 e. The summed E-state index contributed by atoms with van der Waals surface area (Å²) in [5.41, 5.74) is 4.48. The third-order valence-electron chi connectivity index (χ3n) is 6.01. The number of rotatable bonds is 4. The SMILES string of the molecule is Cn1cc(-c2ccc(Cc3cc(C(=O)N=C4CCOC[C@@H]4O)c(F)c4c3OCC4)cc2)cn1. The Hall–Kier alpha value is -3.36. The molecule has 0 aliphatic carbocycles. The van der Waals surface area contributed by atoms with Crippen molar-refractivity contribution >= 4 is 11.6 Å². The lowest BCUT2D eigenvalue weighted by Crippen LogP contribution is -2.33. The zero-order valence-electron chi connectivity index (χ0n) is 18.3. The van der Waals surface area contributed by atoms with Gasteiger partial charge in [-0.15, -0.1) is 0 Å². The van der Waals surface area contributed by atoms with Crippen molar-refractivity contribution in [3.8, 4) is 16.9 Å². The molecular formula is C25H24FN3O4. The van der Waals surface area contributed by atoms with Gasteiger partial charge in [0.1, 0.15) is 17.7 Å². The fraction of sp³-hybridized carbons (Fsp3) is 0.320. The van der Waals surface area contributed by atoms with E-state index in [2.05, 4.69) is 10.1 Å². The summed E-state index contributed by atoms with van der Waals surface area (Å²) in [5.74, 6) is -0.764. The van der Waals surface area contributed by atoms with Gasteiger partial charge in [0.15, 0.2) is 0 Å². The third kappa shape index (κ3) is 4.31. The van der Waals surface area contributed by atoms with Crippen molar-refractivity contribution < 1.29 is 23.8 Å². The van der Waals surface area contributed by atoms with Crippen molar-refractivity contribution in [1.29, 1.82) is 0 Å². The van der Waals surface area contributed by atoms with Crippen molar-refractivity contribution in [2.24, 2.45) is 12.0 Å². The highest BCUT2D eigenvalue weighted by atomic mass is 19.1. The minimum Gasteiger partial charge on any atom is -0.493 e. The van der Waals surface area contributed by atoms with Crippen LogP contribution in [0.1, 0.15) is 33.5 Å². The van der Waals surface area contributed by atoms with E-state index in [-0.39, 0.29) is 12.2 Å². The van der Waals surface area contributed by atoms with Crippen LogP contribution < -0.4 is 4.74 Å². The third-order valence-corrected chi connectivity index (χ3v) is 6.01. The lowest BCUT2D eigenvalue weighted by molar-refractivity contribution is 0.0523. The number of carbonyl (C=O) groups is 1. The Morgan fingerprint density at radius 3 is 2.79 bits per heavy atom. The average molecular weight is 449 g/mol. The van der Waals surface area contributed by atoms with Crippen LogP contribution in [0.25, 0.3) is 11.1 Å². The van der Waals surface area contributed by atoms with E-state index in [1.54, 1.807) is 4.68 Å². The molecule has 0 bridgehead atoms. The summed E-state index contributed by atoms with van der Waals surface area (Å²) in [7, 11) is 1.87. The number of ether oxygens (including phenoxy) is 2. The van der Waals surface area contributed by atoms with E-state index in [0.29, 0.717) is 49.5 Å². The number of aliphatic imine (C=N–C) groups is 1. The molecule has 0 unspecified atom stereocenters. The van der Waals surface area contributed by atoms with Crippen molar-refractivity contribution in [3.05, 3.63) is 70.8 Å². The van der Waals surface area contributed by atoms with Gasteiger partial charge in [0, 0.05) is 43.6 Å². The van der Waals surface area contributed by atoms with Crippen molar-refractivity contribution in [1.82, 2.24) is 9.78 Å². The van der Waals surface area contributed by atoms with Gasteiger partial charge in [-0.05, 0) is 22.8 Å². The number of hydrogen-bond donors (Lipinski definition) is 1. The van der Waals surface area contributed by atoms with Crippen molar-refractivity contribution in [2.75, 3.05) is 19.8 Å². The van der Waals surface area contributed by atoms with Gasteiger partial charge < -0.3 is 14.6 Å². The molecule has 1 aromatic heterocycles. The molecular weight excluding hydrogens is 425 g/mol. The zero-order chi connectivity index (χ0) is 22.9. The first-order valence-electron chi connectivity index (χ1n) is 10.9. The van der Waals surface area contributed by atoms with E-state index in [4.69, 9.17) is 9.47 Å². The Kier molecular flexibility index (Phi) is 5.78. The zero-order valence-corrected chi connectivity index (χ0v) is 18.3. The Balaban J connectivity index is 1.45. The highest BCUT2D eigenvalue weighted by Crippen LogP contribution is 2.36. The first-order valence-corrected chi connectivity index (χ1v) is 10.9. The molecule has 1 amide bonds. The summed E-state index contributed by atoms with van der Waals surface area (Å²) < 4.78 is 27.8. The summed E-state index contributed by atoms with van der Waals surface area (Å²) in [6, 6.07) is 9.58. The molecule has 0 radical (unpaired) electrons. The minimum absolute atomic E-state index is 0.0902. The van der Waals surface area contributed by atoms with Crippen LogP contribution in [-0.2, 0) is 24.6 Å². The predicted octanol–water partition coefficient (Wildman–Crippen LogP) is 3.11. The van der Waals surface area contributed by atoms with Gasteiger partial charge in [-0.2, -0.15) is 5.10 Å². The summed E-state index contributed by atoms with van der Waals surface area (Å²) in [4.78, 5) is 16.9. The maximum Gasteiger partial charge on any atom is 0.279 e. The highest BCUT2D eigenvalue weighted by Gasteiger charge is 2.27. The normalized spacial score (nSPS) is 18.9. The van der Waals surface area contributed by atoms with Crippen molar-refractivity contribution in [2.45, 2.75) is 25.4 Å². The van der Waals surface area contributed by atoms with Crippen LogP contribution >= 0.6 is 0 Å². The van der Waals surface area contributed by atoms with Crippen LogP contribution in [0, 0.1) is 5.82 Å². The predicted molar refractivity (Wildman–Crippen MR) is 120 cm³/mol. The van der Waals surface area contributed by atoms with E-state index >= 15 is 4.39 Å². The van der Waals surface area contributed by atoms with Gasteiger partial charge in [-0.25, -0.2) is 9.38 Å². The van der Waals surface area contributed by atoms with Gasteiger partial charge in [0.25, 0.3) is 5.91 Å². The number of benzene rings is 2. The monoisotopic (exact) mass is 449 g/mol. The molecule has 2 aliphatic rings. The molecule has 3 aromatic rings. The fourth-order valence-corrected chi connectivity index (χ4v) is 4.27. The van der Waals surface area contributed by atoms with Gasteiger partial charge in [-0.3, -0.25) is 9.48 Å². The van der Waals surface area contributed by atoms with Crippen molar-refractivity contribution in [3.63, 3.8) is 0 Å². The molecule has 1 fully saturated rings. The molecule has 1 atom stereocenters. The fourth-order valence-electron chi connectivity index (χ4n) is 4.27. The molecule has 8 heteroatoms. The Morgan fingerprint density at radius 1 is 1.24 bits per heavy atom. The second-order valence-corrected chi connectivity index (χ2v) is 8.33. The Labute approximate surface area is 190 Å². The number of halogens is 1. The molecule has 1 N–H and O–H groups in total. The summed E-state index contributed by atoms with van der Waals surface area (Å²) >= 11 is 0. The van der Waals surface area contributed by atoms with E-state index < -0.39 is 17.8 Å². The number of aromatic nitrogens is 2. The second-order valence-electron chi connectivity index (χ2n) is 8.33. The first kappa shape index (κ1) is 21.5. The molecule has 7 nitrogen and oxygen atoms in total. The van der Waals surface area contributed by atoms with E-state index in [9.17, 15) is 9.90 Å². The minimum atomic E-state index is -0.943. The van der Waals surface area contributed by atoms with Crippen LogP contribution in [-0.4, -0.2) is 52.4 Å². The quantitative estimate of drug-likeness (QED) is 0.662. The molecule has 33 heavy (non-hydrogen) atoms. The Bertz CT molecular complexity index is 1230. The molecule has 3 heterocycles. The number of hydrogen-bond acceptors (Lipinski definition) is 5. The maximum atomic E-state index is 15.2. The van der Waals surface area contributed by atoms with Crippen LogP contribution in [0.2, 0.25) is 0 Å². The second kappa shape index (κ2) is 8.88. The summed E-state index contributed by atoms with van der Waals surface area (Å²) in [6.07, 6.45) is 4.06. The smallest absolute Gasteiger partial charge is 0.279 e. The van der Waals surface area contributed by atoms with Gasteiger partial charge in [0.2, 0.25) is 0 Å². The number of aryl methyl sites for hydroxylation is 1. The lowest BCUT2D eigenvalue weighted by atomic mass is 9.96. The average Bonchev–Trinajstić information content (AvgIpc) is 3.47. The molecule has 0 saturated carbocycles. The molecule has 5 rings (SSSR count). The number of amides is 1. The van der Waals surface area contributed by atoms with Gasteiger partial charge in [-0.1, -0.05) is 24.3 Å². The van der Waals surface area contributed by atoms with E-state index in [0.717, 1.165) is 22.3 Å². The van der Waals surface area contributed by atoms with Crippen LogP contribution in [0.4, 0.5) is 4.39 Å². The highest BCUT2D eigenvalue weighted by molar-refractivity contribution is 6.06. The molecule has 2 aromatic carbocycles. The lowest BCUT2D eigenvalue weighted by Gasteiger charge is -2.19.